The van der Waals surface area contributed by atoms with Gasteiger partial charge >= 0.3 is 0 Å². The molecule has 0 saturated heterocycles. The SMILES string of the molecule is CCCCCCCC(CCCCC)NS(=O)(=O)c1ccc(C)cc1. The molecule has 0 spiro atoms. The lowest BCUT2D eigenvalue weighted by molar-refractivity contribution is 0.458. The molecule has 1 N–H and O–H groups in total. The van der Waals surface area contributed by atoms with Gasteiger partial charge in [-0.3, -0.25) is 0 Å². The number of rotatable bonds is 13. The summed E-state index contributed by atoms with van der Waals surface area (Å²) in [6.45, 7) is 6.35. The summed E-state index contributed by atoms with van der Waals surface area (Å²) in [5.74, 6) is 0. The Morgan fingerprint density at radius 2 is 1.33 bits per heavy atom. The minimum absolute atomic E-state index is 0.0597. The molecule has 1 aromatic rings. The Morgan fingerprint density at radius 3 is 1.92 bits per heavy atom. The topological polar surface area (TPSA) is 46.2 Å². The Morgan fingerprint density at radius 1 is 0.833 bits per heavy atom. The van der Waals surface area contributed by atoms with Gasteiger partial charge in [0, 0.05) is 6.04 Å². The van der Waals surface area contributed by atoms with Crippen LogP contribution in [0.1, 0.15) is 83.6 Å². The van der Waals surface area contributed by atoms with E-state index in [0.717, 1.165) is 37.7 Å². The third kappa shape index (κ3) is 8.29. The minimum Gasteiger partial charge on any atom is -0.208 e. The first kappa shape index (κ1) is 21.2. The van der Waals surface area contributed by atoms with Crippen molar-refractivity contribution in [3.63, 3.8) is 0 Å². The molecule has 0 aliphatic rings. The molecule has 3 nitrogen and oxygen atoms in total. The second-order valence-corrected chi connectivity index (χ2v) is 8.54. The molecule has 0 bridgehead atoms. The predicted molar refractivity (Wildman–Crippen MR) is 103 cm³/mol. The summed E-state index contributed by atoms with van der Waals surface area (Å²) in [5, 5.41) is 0. The molecule has 24 heavy (non-hydrogen) atoms. The van der Waals surface area contributed by atoms with Gasteiger partial charge in [-0.05, 0) is 31.9 Å². The minimum atomic E-state index is -3.41. The van der Waals surface area contributed by atoms with E-state index < -0.39 is 10.0 Å². The van der Waals surface area contributed by atoms with Crippen LogP contribution in [0.4, 0.5) is 0 Å². The van der Waals surface area contributed by atoms with Crippen molar-refractivity contribution in [3.05, 3.63) is 29.8 Å². The number of unbranched alkanes of at least 4 members (excludes halogenated alkanes) is 6. The average Bonchev–Trinajstić information content (AvgIpc) is 2.54. The fourth-order valence-corrected chi connectivity index (χ4v) is 4.21. The lowest BCUT2D eigenvalue weighted by Crippen LogP contribution is -2.34. The molecule has 1 rings (SSSR count). The van der Waals surface area contributed by atoms with E-state index in [1.165, 1.54) is 32.1 Å². The highest BCUT2D eigenvalue weighted by Crippen LogP contribution is 2.16. The number of sulfonamides is 1. The van der Waals surface area contributed by atoms with Gasteiger partial charge in [0.15, 0.2) is 0 Å². The lowest BCUT2D eigenvalue weighted by atomic mass is 10.0. The number of hydrogen-bond acceptors (Lipinski definition) is 2. The third-order valence-electron chi connectivity index (χ3n) is 4.47. The summed E-state index contributed by atoms with van der Waals surface area (Å²) in [5.41, 5.74) is 1.07. The van der Waals surface area contributed by atoms with Crippen molar-refractivity contribution in [3.8, 4) is 0 Å². The van der Waals surface area contributed by atoms with Crippen LogP contribution in [0.5, 0.6) is 0 Å². The van der Waals surface area contributed by atoms with Crippen LogP contribution in [-0.2, 0) is 10.0 Å². The van der Waals surface area contributed by atoms with Gasteiger partial charge < -0.3 is 0 Å². The Hall–Kier alpha value is -0.870. The van der Waals surface area contributed by atoms with Crippen LogP contribution < -0.4 is 4.72 Å². The van der Waals surface area contributed by atoms with Crippen molar-refractivity contribution in [1.82, 2.24) is 4.72 Å². The Bertz CT molecular complexity index is 537. The van der Waals surface area contributed by atoms with Crippen LogP contribution in [0, 0.1) is 6.92 Å². The van der Waals surface area contributed by atoms with Crippen LogP contribution >= 0.6 is 0 Å². The van der Waals surface area contributed by atoms with Crippen LogP contribution in [-0.4, -0.2) is 14.5 Å². The van der Waals surface area contributed by atoms with E-state index in [1.54, 1.807) is 12.1 Å². The molecule has 0 fully saturated rings. The van der Waals surface area contributed by atoms with E-state index in [0.29, 0.717) is 4.90 Å². The predicted octanol–water partition coefficient (Wildman–Crippen LogP) is 5.58. The van der Waals surface area contributed by atoms with Crippen molar-refractivity contribution in [2.45, 2.75) is 95.9 Å². The highest BCUT2D eigenvalue weighted by Gasteiger charge is 2.19. The largest absolute Gasteiger partial charge is 0.240 e. The van der Waals surface area contributed by atoms with E-state index in [1.807, 2.05) is 19.1 Å². The molecule has 1 aromatic carbocycles. The van der Waals surface area contributed by atoms with Gasteiger partial charge in [-0.1, -0.05) is 82.9 Å². The molecule has 1 atom stereocenters. The van der Waals surface area contributed by atoms with E-state index in [4.69, 9.17) is 0 Å². The maximum absolute atomic E-state index is 12.6. The zero-order valence-electron chi connectivity index (χ0n) is 15.7. The Kier molecular flexibility index (Phi) is 10.3. The first-order valence-corrected chi connectivity index (χ1v) is 11.1. The van der Waals surface area contributed by atoms with Crippen LogP contribution in [0.25, 0.3) is 0 Å². The van der Waals surface area contributed by atoms with Crippen molar-refractivity contribution >= 4 is 10.0 Å². The Labute approximate surface area is 149 Å². The maximum atomic E-state index is 12.6. The third-order valence-corrected chi connectivity index (χ3v) is 6.00. The lowest BCUT2D eigenvalue weighted by Gasteiger charge is -2.19. The number of nitrogens with one attached hydrogen (secondary N) is 1. The molecule has 0 radical (unpaired) electrons. The number of benzene rings is 1. The standard InChI is InChI=1S/C20H35NO2S/c1-4-6-8-9-11-13-19(12-10-7-5-2)21-24(22,23)20-16-14-18(3)15-17-20/h14-17,19,21H,4-13H2,1-3H3. The van der Waals surface area contributed by atoms with Gasteiger partial charge in [0.05, 0.1) is 4.90 Å². The summed E-state index contributed by atoms with van der Waals surface area (Å²) >= 11 is 0. The molecule has 0 saturated carbocycles. The van der Waals surface area contributed by atoms with Gasteiger partial charge in [-0.25, -0.2) is 13.1 Å². The zero-order chi connectivity index (χ0) is 17.8. The number of aryl methyl sites for hydroxylation is 1. The first-order chi connectivity index (χ1) is 11.5. The highest BCUT2D eigenvalue weighted by molar-refractivity contribution is 7.89. The van der Waals surface area contributed by atoms with Crippen LogP contribution in [0.3, 0.4) is 0 Å². The van der Waals surface area contributed by atoms with Gasteiger partial charge in [-0.15, -0.1) is 0 Å². The zero-order valence-corrected chi connectivity index (χ0v) is 16.5. The van der Waals surface area contributed by atoms with E-state index in [9.17, 15) is 8.42 Å². The monoisotopic (exact) mass is 353 g/mol. The molecule has 0 aliphatic heterocycles. The quantitative estimate of drug-likeness (QED) is 0.470. The summed E-state index contributed by atoms with van der Waals surface area (Å²) < 4.78 is 28.2. The molecule has 0 amide bonds. The normalized spacial score (nSPS) is 13.1. The average molecular weight is 354 g/mol. The summed E-state index contributed by atoms with van der Waals surface area (Å²) in [6.07, 6.45) is 11.4. The highest BCUT2D eigenvalue weighted by atomic mass is 32.2. The van der Waals surface area contributed by atoms with Crippen molar-refractivity contribution in [1.29, 1.82) is 0 Å². The molecular weight excluding hydrogens is 318 g/mol. The van der Waals surface area contributed by atoms with E-state index >= 15 is 0 Å². The summed E-state index contributed by atoms with van der Waals surface area (Å²) in [7, 11) is -3.41. The molecule has 138 valence electrons. The fourth-order valence-electron chi connectivity index (χ4n) is 2.90. The molecular formula is C20H35NO2S. The molecule has 0 aliphatic carbocycles. The van der Waals surface area contributed by atoms with Crippen molar-refractivity contribution in [2.75, 3.05) is 0 Å². The molecule has 0 heterocycles. The van der Waals surface area contributed by atoms with E-state index in [-0.39, 0.29) is 6.04 Å². The smallest absolute Gasteiger partial charge is 0.208 e. The van der Waals surface area contributed by atoms with Gasteiger partial charge in [0.1, 0.15) is 0 Å². The molecule has 4 heteroatoms. The molecule has 1 unspecified atom stereocenters. The maximum Gasteiger partial charge on any atom is 0.240 e. The van der Waals surface area contributed by atoms with Gasteiger partial charge in [0.2, 0.25) is 10.0 Å². The molecule has 0 aromatic heterocycles. The van der Waals surface area contributed by atoms with Crippen molar-refractivity contribution in [2.24, 2.45) is 0 Å². The summed E-state index contributed by atoms with van der Waals surface area (Å²) in [4.78, 5) is 0.375. The second-order valence-electron chi connectivity index (χ2n) is 6.83. The van der Waals surface area contributed by atoms with Crippen LogP contribution in [0.15, 0.2) is 29.2 Å². The van der Waals surface area contributed by atoms with Gasteiger partial charge in [0.25, 0.3) is 0 Å². The van der Waals surface area contributed by atoms with Crippen LogP contribution in [0.2, 0.25) is 0 Å². The fraction of sp³-hybridized carbons (Fsp3) is 0.700. The van der Waals surface area contributed by atoms with Gasteiger partial charge in [-0.2, -0.15) is 0 Å². The van der Waals surface area contributed by atoms with Crippen molar-refractivity contribution < 1.29 is 8.42 Å². The summed E-state index contributed by atoms with van der Waals surface area (Å²) in [6, 6.07) is 7.16. The van der Waals surface area contributed by atoms with E-state index in [2.05, 4.69) is 18.6 Å². The Balaban J connectivity index is 2.62. The number of hydrogen-bond donors (Lipinski definition) is 1. The second kappa shape index (κ2) is 11.6. The first-order valence-electron chi connectivity index (χ1n) is 9.58.